The van der Waals surface area contributed by atoms with Crippen LogP contribution in [0.4, 0.5) is 0 Å². The van der Waals surface area contributed by atoms with E-state index in [2.05, 4.69) is 18.7 Å². The summed E-state index contributed by atoms with van der Waals surface area (Å²) in [4.78, 5) is 2.38. The Morgan fingerprint density at radius 2 is 1.81 bits per heavy atom. The van der Waals surface area contributed by atoms with Crippen LogP contribution in [0.3, 0.4) is 0 Å². The molecule has 0 aromatic carbocycles. The van der Waals surface area contributed by atoms with Crippen molar-refractivity contribution in [2.45, 2.75) is 39.2 Å². The van der Waals surface area contributed by atoms with Gasteiger partial charge in [-0.25, -0.2) is 0 Å². The van der Waals surface area contributed by atoms with Crippen molar-refractivity contribution >= 4 is 21.8 Å². The summed E-state index contributed by atoms with van der Waals surface area (Å²) in [7, 11) is -3.30. The van der Waals surface area contributed by atoms with Crippen molar-refractivity contribution in [1.82, 2.24) is 13.5 Å². The molecule has 0 bridgehead atoms. The smallest absolute Gasteiger partial charge is 0.282 e. The molecule has 2 fully saturated rings. The summed E-state index contributed by atoms with van der Waals surface area (Å²) < 4.78 is 28.8. The van der Waals surface area contributed by atoms with Crippen LogP contribution in [0.1, 0.15) is 33.1 Å². The molecule has 2 rings (SSSR count). The Morgan fingerprint density at radius 3 is 2.38 bits per heavy atom. The van der Waals surface area contributed by atoms with Gasteiger partial charge in [0.25, 0.3) is 10.2 Å². The summed E-state index contributed by atoms with van der Waals surface area (Å²) in [6.07, 6.45) is 3.07. The largest absolute Gasteiger partial charge is 0.298 e. The molecule has 124 valence electrons. The Bertz CT molecular complexity index is 424. The van der Waals surface area contributed by atoms with E-state index in [-0.39, 0.29) is 0 Å². The number of nitrogens with zero attached hydrogens (tertiary/aromatic N) is 3. The summed E-state index contributed by atoms with van der Waals surface area (Å²) in [5.41, 5.74) is 0. The molecule has 0 radical (unpaired) electrons. The first-order chi connectivity index (χ1) is 9.98. The molecule has 2 atom stereocenters. The van der Waals surface area contributed by atoms with Crippen LogP contribution in [-0.2, 0) is 10.2 Å². The molecule has 0 N–H and O–H groups in total. The summed E-state index contributed by atoms with van der Waals surface area (Å²) in [5, 5.41) is 0. The molecule has 0 aromatic rings. The van der Waals surface area contributed by atoms with E-state index in [0.717, 1.165) is 32.4 Å². The third kappa shape index (κ3) is 4.10. The van der Waals surface area contributed by atoms with Crippen LogP contribution in [0.5, 0.6) is 0 Å². The summed E-state index contributed by atoms with van der Waals surface area (Å²) in [6.45, 7) is 8.48. The van der Waals surface area contributed by atoms with Gasteiger partial charge < -0.3 is 0 Å². The molecule has 0 aromatic heterocycles. The third-order valence-electron chi connectivity index (χ3n) is 4.84. The molecule has 2 aliphatic heterocycles. The van der Waals surface area contributed by atoms with Crippen molar-refractivity contribution < 1.29 is 8.42 Å². The maximum absolute atomic E-state index is 12.7. The molecule has 2 heterocycles. The lowest BCUT2D eigenvalue weighted by Gasteiger charge is -2.40. The van der Waals surface area contributed by atoms with Crippen LogP contribution in [0.2, 0.25) is 0 Å². The van der Waals surface area contributed by atoms with Crippen molar-refractivity contribution in [2.75, 3.05) is 45.1 Å². The molecule has 0 saturated carbocycles. The Labute approximate surface area is 134 Å². The Hall–Kier alpha value is 0.120. The van der Waals surface area contributed by atoms with E-state index in [0.29, 0.717) is 44.0 Å². The Morgan fingerprint density at radius 1 is 1.14 bits per heavy atom. The lowest BCUT2D eigenvalue weighted by atomic mass is 10.0. The van der Waals surface area contributed by atoms with Crippen molar-refractivity contribution in [2.24, 2.45) is 5.92 Å². The molecule has 21 heavy (non-hydrogen) atoms. The highest BCUT2D eigenvalue weighted by molar-refractivity contribution is 7.86. The van der Waals surface area contributed by atoms with Gasteiger partial charge in [0.05, 0.1) is 0 Å². The minimum atomic E-state index is -3.30. The quantitative estimate of drug-likeness (QED) is 0.716. The van der Waals surface area contributed by atoms with Gasteiger partial charge in [0.15, 0.2) is 0 Å². The van der Waals surface area contributed by atoms with Gasteiger partial charge in [0, 0.05) is 51.2 Å². The van der Waals surface area contributed by atoms with Gasteiger partial charge in [-0.15, -0.1) is 11.6 Å². The van der Waals surface area contributed by atoms with Crippen molar-refractivity contribution in [3.8, 4) is 0 Å². The second-order valence-electron chi connectivity index (χ2n) is 6.22. The van der Waals surface area contributed by atoms with Crippen LogP contribution >= 0.6 is 11.6 Å². The van der Waals surface area contributed by atoms with Gasteiger partial charge in [-0.3, -0.25) is 4.90 Å². The van der Waals surface area contributed by atoms with Gasteiger partial charge in [0.1, 0.15) is 0 Å². The fraction of sp³-hybridized carbons (Fsp3) is 1.00. The Kier molecular flexibility index (Phi) is 6.32. The predicted octanol–water partition coefficient (Wildman–Crippen LogP) is 1.60. The van der Waals surface area contributed by atoms with Gasteiger partial charge in [-0.05, 0) is 32.1 Å². The first-order valence-corrected chi connectivity index (χ1v) is 9.97. The molecule has 2 aliphatic rings. The maximum atomic E-state index is 12.7. The normalized spacial score (nSPS) is 28.6. The molecule has 7 heteroatoms. The molecular weight excluding hydrogens is 310 g/mol. The molecule has 0 spiro atoms. The predicted molar refractivity (Wildman–Crippen MR) is 86.8 cm³/mol. The van der Waals surface area contributed by atoms with Crippen molar-refractivity contribution in [3.05, 3.63) is 0 Å². The summed E-state index contributed by atoms with van der Waals surface area (Å²) in [5.74, 6) is 0.852. The highest BCUT2D eigenvalue weighted by atomic mass is 35.5. The standard InChI is InChI=1S/C14H28ClN3O2S/c1-3-13(2)16-7-9-17(10-8-16)21(19,20)18-6-4-5-14(11-15)12-18/h13-14H,3-12H2,1-2H3. The fourth-order valence-corrected chi connectivity index (χ4v) is 5.12. The van der Waals surface area contributed by atoms with E-state index >= 15 is 0 Å². The summed E-state index contributed by atoms with van der Waals surface area (Å²) in [6, 6.07) is 0.533. The van der Waals surface area contributed by atoms with E-state index < -0.39 is 10.2 Å². The zero-order valence-electron chi connectivity index (χ0n) is 13.2. The minimum absolute atomic E-state index is 0.302. The molecule has 0 amide bonds. The number of rotatable bonds is 5. The van der Waals surface area contributed by atoms with E-state index in [4.69, 9.17) is 11.6 Å². The van der Waals surface area contributed by atoms with Crippen LogP contribution in [0.25, 0.3) is 0 Å². The van der Waals surface area contributed by atoms with Gasteiger partial charge in [0.2, 0.25) is 0 Å². The van der Waals surface area contributed by atoms with Gasteiger partial charge in [-0.2, -0.15) is 17.0 Å². The van der Waals surface area contributed by atoms with Crippen LogP contribution in [-0.4, -0.2) is 73.1 Å². The second kappa shape index (κ2) is 7.59. The third-order valence-corrected chi connectivity index (χ3v) is 7.28. The molecule has 5 nitrogen and oxygen atoms in total. The van der Waals surface area contributed by atoms with Crippen LogP contribution in [0.15, 0.2) is 0 Å². The van der Waals surface area contributed by atoms with Gasteiger partial charge >= 0.3 is 0 Å². The van der Waals surface area contributed by atoms with Crippen molar-refractivity contribution in [1.29, 1.82) is 0 Å². The van der Waals surface area contributed by atoms with Crippen LogP contribution < -0.4 is 0 Å². The first kappa shape index (κ1) is 17.5. The lowest BCUT2D eigenvalue weighted by Crippen LogP contribution is -2.55. The monoisotopic (exact) mass is 337 g/mol. The second-order valence-corrected chi connectivity index (χ2v) is 8.46. The zero-order chi connectivity index (χ0) is 15.5. The fourth-order valence-electron chi connectivity index (χ4n) is 3.16. The molecular formula is C14H28ClN3O2S. The first-order valence-electron chi connectivity index (χ1n) is 8.04. The lowest BCUT2D eigenvalue weighted by molar-refractivity contribution is 0.136. The number of halogens is 1. The van der Waals surface area contributed by atoms with E-state index in [1.54, 1.807) is 8.61 Å². The van der Waals surface area contributed by atoms with Gasteiger partial charge in [-0.1, -0.05) is 6.92 Å². The maximum Gasteiger partial charge on any atom is 0.282 e. The highest BCUT2D eigenvalue weighted by Crippen LogP contribution is 2.23. The number of hydrogen-bond donors (Lipinski definition) is 0. The number of piperidine rings is 1. The summed E-state index contributed by atoms with van der Waals surface area (Å²) >= 11 is 5.91. The van der Waals surface area contributed by atoms with E-state index in [1.807, 2.05) is 0 Å². The number of hydrogen-bond acceptors (Lipinski definition) is 3. The Balaban J connectivity index is 1.95. The highest BCUT2D eigenvalue weighted by Gasteiger charge is 2.35. The SMILES string of the molecule is CCC(C)N1CCN(S(=O)(=O)N2CCCC(CCl)C2)CC1. The minimum Gasteiger partial charge on any atom is -0.298 e. The number of piperazine rings is 1. The average molecular weight is 338 g/mol. The number of alkyl halides is 1. The average Bonchev–Trinajstić information content (AvgIpc) is 2.54. The molecule has 0 aliphatic carbocycles. The zero-order valence-corrected chi connectivity index (χ0v) is 14.7. The molecule has 2 saturated heterocycles. The van der Waals surface area contributed by atoms with Crippen molar-refractivity contribution in [3.63, 3.8) is 0 Å². The molecule has 2 unspecified atom stereocenters. The van der Waals surface area contributed by atoms with E-state index in [9.17, 15) is 8.42 Å². The van der Waals surface area contributed by atoms with E-state index in [1.165, 1.54) is 0 Å². The van der Waals surface area contributed by atoms with Crippen LogP contribution in [0, 0.1) is 5.92 Å². The topological polar surface area (TPSA) is 43.9 Å².